The van der Waals surface area contributed by atoms with Crippen molar-refractivity contribution < 1.29 is 14.6 Å². The normalized spacial score (nSPS) is 25.4. The predicted molar refractivity (Wildman–Crippen MR) is 82.0 cm³/mol. The van der Waals surface area contributed by atoms with Crippen molar-refractivity contribution in [2.24, 2.45) is 0 Å². The molecule has 3 rings (SSSR count). The molecule has 21 heavy (non-hydrogen) atoms. The maximum atomic E-state index is 10.1. The molecule has 2 aliphatic rings. The molecular formula is C17H25NO3. The summed E-state index contributed by atoms with van der Waals surface area (Å²) in [6.07, 6.45) is 6.40. The average Bonchev–Trinajstić information content (AvgIpc) is 2.72. The van der Waals surface area contributed by atoms with Crippen molar-refractivity contribution in [2.75, 3.05) is 19.8 Å². The number of rotatable bonds is 4. The molecule has 4 nitrogen and oxygen atoms in total. The second-order valence-electron chi connectivity index (χ2n) is 5.99. The lowest BCUT2D eigenvalue weighted by molar-refractivity contribution is 0.120. The zero-order valence-corrected chi connectivity index (χ0v) is 12.5. The Morgan fingerprint density at radius 2 is 1.86 bits per heavy atom. The summed E-state index contributed by atoms with van der Waals surface area (Å²) in [5.74, 6) is 1.70. The zero-order valence-electron chi connectivity index (χ0n) is 12.5. The molecule has 1 fully saturated rings. The number of aliphatic hydroxyl groups is 1. The van der Waals surface area contributed by atoms with E-state index in [4.69, 9.17) is 9.47 Å². The lowest BCUT2D eigenvalue weighted by Gasteiger charge is -2.22. The number of fused-ring (bicyclic) bond motifs is 1. The molecular weight excluding hydrogens is 266 g/mol. The van der Waals surface area contributed by atoms with Gasteiger partial charge in [-0.15, -0.1) is 0 Å². The third-order valence-corrected chi connectivity index (χ3v) is 4.41. The molecule has 1 aliphatic carbocycles. The molecule has 0 saturated heterocycles. The lowest BCUT2D eigenvalue weighted by atomic mass is 10.1. The molecule has 1 saturated carbocycles. The monoisotopic (exact) mass is 291 g/mol. The molecule has 0 radical (unpaired) electrons. The number of ether oxygens (including phenoxy) is 2. The summed E-state index contributed by atoms with van der Waals surface area (Å²) in [7, 11) is 0. The first-order chi connectivity index (χ1) is 10.3. The highest BCUT2D eigenvalue weighted by Crippen LogP contribution is 2.30. The van der Waals surface area contributed by atoms with Crippen molar-refractivity contribution in [3.8, 4) is 11.5 Å². The number of aliphatic hydroxyl groups excluding tert-OH is 1. The van der Waals surface area contributed by atoms with E-state index >= 15 is 0 Å². The van der Waals surface area contributed by atoms with Gasteiger partial charge in [0.15, 0.2) is 11.5 Å². The summed E-state index contributed by atoms with van der Waals surface area (Å²) in [5.41, 5.74) is 1.25. The summed E-state index contributed by atoms with van der Waals surface area (Å²) in [4.78, 5) is 0. The molecule has 0 aromatic heterocycles. The second kappa shape index (κ2) is 7.14. The first-order valence-corrected chi connectivity index (χ1v) is 8.13. The van der Waals surface area contributed by atoms with Crippen molar-refractivity contribution in [3.63, 3.8) is 0 Å². The number of hydrogen-bond acceptors (Lipinski definition) is 4. The first kappa shape index (κ1) is 14.7. The van der Waals surface area contributed by atoms with Gasteiger partial charge in [0.25, 0.3) is 0 Å². The van der Waals surface area contributed by atoms with Crippen LogP contribution in [0.25, 0.3) is 0 Å². The summed E-state index contributed by atoms with van der Waals surface area (Å²) < 4.78 is 11.1. The van der Waals surface area contributed by atoms with E-state index in [0.717, 1.165) is 43.7 Å². The van der Waals surface area contributed by atoms with Crippen molar-refractivity contribution in [3.05, 3.63) is 23.8 Å². The fourth-order valence-corrected chi connectivity index (χ4v) is 3.17. The van der Waals surface area contributed by atoms with Crippen LogP contribution in [-0.4, -0.2) is 37.0 Å². The van der Waals surface area contributed by atoms with Crippen LogP contribution in [0, 0.1) is 0 Å². The predicted octanol–water partition coefficient (Wildman–Crippen LogP) is 2.28. The van der Waals surface area contributed by atoms with E-state index in [0.29, 0.717) is 13.2 Å². The SMILES string of the molecule is OC1CCCCCC1NCCc1ccc2c(c1)OCCO2. The van der Waals surface area contributed by atoms with Crippen LogP contribution >= 0.6 is 0 Å². The van der Waals surface area contributed by atoms with Gasteiger partial charge in [-0.2, -0.15) is 0 Å². The van der Waals surface area contributed by atoms with Gasteiger partial charge in [-0.25, -0.2) is 0 Å². The van der Waals surface area contributed by atoms with Crippen LogP contribution in [0.1, 0.15) is 37.7 Å². The van der Waals surface area contributed by atoms with Gasteiger partial charge in [-0.1, -0.05) is 25.3 Å². The minimum Gasteiger partial charge on any atom is -0.486 e. The molecule has 1 aliphatic heterocycles. The molecule has 4 heteroatoms. The highest BCUT2D eigenvalue weighted by Gasteiger charge is 2.20. The van der Waals surface area contributed by atoms with Crippen LogP contribution in [0.15, 0.2) is 18.2 Å². The lowest BCUT2D eigenvalue weighted by Crippen LogP contribution is -2.40. The topological polar surface area (TPSA) is 50.7 Å². The number of nitrogens with one attached hydrogen (secondary N) is 1. The maximum absolute atomic E-state index is 10.1. The molecule has 1 heterocycles. The largest absolute Gasteiger partial charge is 0.486 e. The maximum Gasteiger partial charge on any atom is 0.161 e. The van der Waals surface area contributed by atoms with Crippen LogP contribution in [-0.2, 0) is 6.42 Å². The van der Waals surface area contributed by atoms with Crippen LogP contribution in [0.4, 0.5) is 0 Å². The second-order valence-corrected chi connectivity index (χ2v) is 5.99. The smallest absolute Gasteiger partial charge is 0.161 e. The highest BCUT2D eigenvalue weighted by atomic mass is 16.6. The van der Waals surface area contributed by atoms with E-state index in [9.17, 15) is 5.11 Å². The van der Waals surface area contributed by atoms with Crippen LogP contribution in [0.2, 0.25) is 0 Å². The minimum absolute atomic E-state index is 0.187. The average molecular weight is 291 g/mol. The minimum atomic E-state index is -0.187. The van der Waals surface area contributed by atoms with Gasteiger partial charge in [0.1, 0.15) is 13.2 Å². The van der Waals surface area contributed by atoms with Gasteiger partial charge in [-0.05, 0) is 43.5 Å². The summed E-state index contributed by atoms with van der Waals surface area (Å²) in [6, 6.07) is 6.41. The van der Waals surface area contributed by atoms with Gasteiger partial charge >= 0.3 is 0 Å². The Labute approximate surface area is 126 Å². The van der Waals surface area contributed by atoms with Crippen LogP contribution in [0.3, 0.4) is 0 Å². The summed E-state index contributed by atoms with van der Waals surface area (Å²) in [5, 5.41) is 13.6. The van der Waals surface area contributed by atoms with Gasteiger partial charge in [0.05, 0.1) is 6.10 Å². The van der Waals surface area contributed by atoms with E-state index in [-0.39, 0.29) is 12.1 Å². The quantitative estimate of drug-likeness (QED) is 0.836. The molecule has 1 aromatic rings. The third kappa shape index (κ3) is 3.89. The van der Waals surface area contributed by atoms with E-state index in [1.54, 1.807) is 0 Å². The fraction of sp³-hybridized carbons (Fsp3) is 0.647. The molecule has 0 amide bonds. The first-order valence-electron chi connectivity index (χ1n) is 8.13. The molecule has 2 unspecified atom stereocenters. The Kier molecular flexibility index (Phi) is 4.99. The van der Waals surface area contributed by atoms with Gasteiger partial charge in [-0.3, -0.25) is 0 Å². The van der Waals surface area contributed by atoms with Gasteiger partial charge in [0, 0.05) is 6.04 Å². The summed E-state index contributed by atoms with van der Waals surface area (Å²) in [6.45, 7) is 2.15. The Morgan fingerprint density at radius 1 is 1.05 bits per heavy atom. The van der Waals surface area contributed by atoms with E-state index in [1.807, 2.05) is 6.07 Å². The van der Waals surface area contributed by atoms with Crippen LogP contribution < -0.4 is 14.8 Å². The van der Waals surface area contributed by atoms with E-state index < -0.39 is 0 Å². The Bertz CT molecular complexity index is 463. The zero-order chi connectivity index (χ0) is 14.5. The van der Waals surface area contributed by atoms with Gasteiger partial charge in [0.2, 0.25) is 0 Å². The van der Waals surface area contributed by atoms with Crippen LogP contribution in [0.5, 0.6) is 11.5 Å². The van der Waals surface area contributed by atoms with E-state index in [1.165, 1.54) is 18.4 Å². The highest BCUT2D eigenvalue weighted by molar-refractivity contribution is 5.43. The van der Waals surface area contributed by atoms with Crippen molar-refractivity contribution >= 4 is 0 Å². The number of hydrogen-bond donors (Lipinski definition) is 2. The third-order valence-electron chi connectivity index (χ3n) is 4.41. The Morgan fingerprint density at radius 3 is 2.76 bits per heavy atom. The van der Waals surface area contributed by atoms with Crippen molar-refractivity contribution in [1.82, 2.24) is 5.32 Å². The molecule has 0 bridgehead atoms. The Balaban J connectivity index is 1.50. The van der Waals surface area contributed by atoms with Gasteiger partial charge < -0.3 is 19.9 Å². The standard InChI is InChI=1S/C17H25NO3/c19-15-5-3-1-2-4-14(15)18-9-8-13-6-7-16-17(12-13)21-11-10-20-16/h6-7,12,14-15,18-19H,1-5,8-11H2. The fourth-order valence-electron chi connectivity index (χ4n) is 3.17. The molecule has 0 spiro atoms. The van der Waals surface area contributed by atoms with Crippen molar-refractivity contribution in [2.45, 2.75) is 50.7 Å². The van der Waals surface area contributed by atoms with Crippen molar-refractivity contribution in [1.29, 1.82) is 0 Å². The molecule has 1 aromatic carbocycles. The van der Waals surface area contributed by atoms with E-state index in [2.05, 4.69) is 17.4 Å². The summed E-state index contributed by atoms with van der Waals surface area (Å²) >= 11 is 0. The molecule has 2 N–H and O–H groups in total. The molecule has 2 atom stereocenters. The number of benzene rings is 1. The molecule has 116 valence electrons. The Hall–Kier alpha value is -1.26.